The molecule has 138 valence electrons. The third-order valence-electron chi connectivity index (χ3n) is 3.91. The lowest BCUT2D eigenvalue weighted by Gasteiger charge is -2.20. The number of alkyl halides is 3. The maximum Gasteiger partial charge on any atom is 0.401 e. The van der Waals surface area contributed by atoms with E-state index < -0.39 is 18.6 Å². The summed E-state index contributed by atoms with van der Waals surface area (Å²) in [6, 6.07) is 6.80. The molecular formula is C16H22F3N5O. The Balaban J connectivity index is 1.83. The van der Waals surface area contributed by atoms with Crippen LogP contribution in [0, 0.1) is 0 Å². The number of amides is 1. The van der Waals surface area contributed by atoms with Crippen LogP contribution in [0.5, 0.6) is 0 Å². The van der Waals surface area contributed by atoms with Crippen molar-refractivity contribution < 1.29 is 18.0 Å². The highest BCUT2D eigenvalue weighted by molar-refractivity contribution is 5.92. The number of aliphatic imine (C=N–C) groups is 1. The number of likely N-dealkylation sites (tertiary alicyclic amines) is 1. The Kier molecular flexibility index (Phi) is 6.24. The summed E-state index contributed by atoms with van der Waals surface area (Å²) < 4.78 is 37.3. The minimum Gasteiger partial charge on any atom is -0.366 e. The fourth-order valence-electron chi connectivity index (χ4n) is 2.76. The van der Waals surface area contributed by atoms with Crippen molar-refractivity contribution in [2.24, 2.45) is 10.7 Å². The fourth-order valence-corrected chi connectivity index (χ4v) is 2.76. The van der Waals surface area contributed by atoms with Gasteiger partial charge in [-0.25, -0.2) is 0 Å². The average molecular weight is 357 g/mol. The summed E-state index contributed by atoms with van der Waals surface area (Å²) in [4.78, 5) is 16.7. The average Bonchev–Trinajstić information content (AvgIpc) is 2.96. The van der Waals surface area contributed by atoms with Crippen LogP contribution in [-0.2, 0) is 6.54 Å². The molecule has 1 unspecified atom stereocenters. The Hall–Kier alpha value is -2.29. The molecule has 1 aliphatic heterocycles. The second-order valence-corrected chi connectivity index (χ2v) is 5.97. The lowest BCUT2D eigenvalue weighted by atomic mass is 10.1. The Morgan fingerprint density at radius 1 is 1.44 bits per heavy atom. The van der Waals surface area contributed by atoms with Gasteiger partial charge in [0.2, 0.25) is 5.91 Å². The Labute approximate surface area is 144 Å². The number of rotatable bonds is 5. The van der Waals surface area contributed by atoms with Crippen LogP contribution in [0.4, 0.5) is 13.2 Å². The lowest BCUT2D eigenvalue weighted by Crippen LogP contribution is -2.44. The number of nitrogens with two attached hydrogens (primary N) is 1. The van der Waals surface area contributed by atoms with Gasteiger partial charge in [-0.1, -0.05) is 12.1 Å². The van der Waals surface area contributed by atoms with Crippen molar-refractivity contribution in [3.05, 3.63) is 35.4 Å². The van der Waals surface area contributed by atoms with Crippen molar-refractivity contribution in [3.8, 4) is 0 Å². The maximum atomic E-state index is 12.4. The van der Waals surface area contributed by atoms with E-state index in [1.807, 2.05) is 6.07 Å². The standard InChI is InChI=1S/C16H22F3N5O/c1-21-15(22-8-11-3-2-4-12(7-11)14(20)25)23-13-5-6-24(9-13)10-16(17,18)19/h2-4,7,13H,5-6,8-10H2,1H3,(H2,20,25)(H2,21,22,23). The van der Waals surface area contributed by atoms with Crippen molar-refractivity contribution in [3.63, 3.8) is 0 Å². The number of benzene rings is 1. The first-order chi connectivity index (χ1) is 11.8. The van der Waals surface area contributed by atoms with Crippen LogP contribution in [-0.4, -0.2) is 55.7 Å². The first-order valence-corrected chi connectivity index (χ1v) is 7.92. The highest BCUT2D eigenvalue weighted by atomic mass is 19.4. The van der Waals surface area contributed by atoms with E-state index in [0.717, 1.165) is 5.56 Å². The van der Waals surface area contributed by atoms with Gasteiger partial charge in [-0.15, -0.1) is 0 Å². The van der Waals surface area contributed by atoms with Crippen molar-refractivity contribution >= 4 is 11.9 Å². The molecule has 0 bridgehead atoms. The Bertz CT molecular complexity index is 632. The van der Waals surface area contributed by atoms with Crippen molar-refractivity contribution in [2.75, 3.05) is 26.7 Å². The van der Waals surface area contributed by atoms with Crippen LogP contribution in [0.3, 0.4) is 0 Å². The molecule has 2 rings (SSSR count). The SMILES string of the molecule is CN=C(NCc1cccc(C(N)=O)c1)NC1CCN(CC(F)(F)F)C1. The number of nitrogens with one attached hydrogen (secondary N) is 2. The molecule has 0 aliphatic carbocycles. The van der Waals surface area contributed by atoms with E-state index in [-0.39, 0.29) is 6.04 Å². The van der Waals surface area contributed by atoms with E-state index in [1.165, 1.54) is 4.90 Å². The predicted molar refractivity (Wildman–Crippen MR) is 89.2 cm³/mol. The number of hydrogen-bond acceptors (Lipinski definition) is 3. The largest absolute Gasteiger partial charge is 0.401 e. The summed E-state index contributed by atoms with van der Waals surface area (Å²) >= 11 is 0. The molecule has 6 nitrogen and oxygen atoms in total. The second kappa shape index (κ2) is 8.19. The van der Waals surface area contributed by atoms with Gasteiger partial charge >= 0.3 is 6.18 Å². The number of carbonyl (C=O) groups excluding carboxylic acids is 1. The van der Waals surface area contributed by atoms with Crippen LogP contribution >= 0.6 is 0 Å². The van der Waals surface area contributed by atoms with Crippen LogP contribution in [0.1, 0.15) is 22.3 Å². The van der Waals surface area contributed by atoms with E-state index in [1.54, 1.807) is 25.2 Å². The molecular weight excluding hydrogens is 335 g/mol. The maximum absolute atomic E-state index is 12.4. The van der Waals surface area contributed by atoms with E-state index >= 15 is 0 Å². The third-order valence-corrected chi connectivity index (χ3v) is 3.91. The molecule has 9 heteroatoms. The van der Waals surface area contributed by atoms with Gasteiger partial charge in [0.1, 0.15) is 0 Å². The summed E-state index contributed by atoms with van der Waals surface area (Å²) in [5, 5.41) is 6.22. The zero-order valence-corrected chi connectivity index (χ0v) is 13.9. The molecule has 0 radical (unpaired) electrons. The minimum atomic E-state index is -4.18. The lowest BCUT2D eigenvalue weighted by molar-refractivity contribution is -0.143. The summed E-state index contributed by atoms with van der Waals surface area (Å²) in [6.07, 6.45) is -3.56. The van der Waals surface area contributed by atoms with Gasteiger partial charge in [0, 0.05) is 38.3 Å². The molecule has 1 fully saturated rings. The molecule has 0 spiro atoms. The van der Waals surface area contributed by atoms with Crippen molar-refractivity contribution in [2.45, 2.75) is 25.2 Å². The summed E-state index contributed by atoms with van der Waals surface area (Å²) in [7, 11) is 1.59. The number of guanidine groups is 1. The summed E-state index contributed by atoms with van der Waals surface area (Å²) in [5.41, 5.74) is 6.52. The normalized spacial score (nSPS) is 19.0. The zero-order valence-electron chi connectivity index (χ0n) is 13.9. The molecule has 0 aromatic heterocycles. The van der Waals surface area contributed by atoms with Gasteiger partial charge in [-0.2, -0.15) is 13.2 Å². The molecule has 1 aromatic rings. The Morgan fingerprint density at radius 3 is 2.84 bits per heavy atom. The summed E-state index contributed by atoms with van der Waals surface area (Å²) in [6.45, 7) is 0.239. The minimum absolute atomic E-state index is 0.0921. The first-order valence-electron chi connectivity index (χ1n) is 7.92. The zero-order chi connectivity index (χ0) is 18.4. The number of carbonyl (C=O) groups is 1. The molecule has 1 aliphatic rings. The fraction of sp³-hybridized carbons (Fsp3) is 0.500. The Morgan fingerprint density at radius 2 is 2.20 bits per heavy atom. The van der Waals surface area contributed by atoms with Crippen LogP contribution in [0.25, 0.3) is 0 Å². The smallest absolute Gasteiger partial charge is 0.366 e. The molecule has 1 atom stereocenters. The first kappa shape index (κ1) is 19.0. The van der Waals surface area contributed by atoms with Crippen LogP contribution in [0.2, 0.25) is 0 Å². The quantitative estimate of drug-likeness (QED) is 0.544. The molecule has 1 saturated heterocycles. The second-order valence-electron chi connectivity index (χ2n) is 5.97. The van der Waals surface area contributed by atoms with Crippen LogP contribution in [0.15, 0.2) is 29.3 Å². The van der Waals surface area contributed by atoms with Crippen molar-refractivity contribution in [1.82, 2.24) is 15.5 Å². The van der Waals surface area contributed by atoms with Gasteiger partial charge in [0.25, 0.3) is 0 Å². The molecule has 1 aromatic carbocycles. The van der Waals surface area contributed by atoms with Crippen LogP contribution < -0.4 is 16.4 Å². The monoisotopic (exact) mass is 357 g/mol. The molecule has 1 amide bonds. The summed E-state index contributed by atoms with van der Waals surface area (Å²) in [5.74, 6) is 0.00315. The molecule has 25 heavy (non-hydrogen) atoms. The van der Waals surface area contributed by atoms with E-state index in [2.05, 4.69) is 15.6 Å². The number of nitrogens with zero attached hydrogens (tertiary/aromatic N) is 2. The number of halogens is 3. The topological polar surface area (TPSA) is 82.7 Å². The predicted octanol–water partition coefficient (Wildman–Crippen LogP) is 1.09. The van der Waals surface area contributed by atoms with E-state index in [9.17, 15) is 18.0 Å². The van der Waals surface area contributed by atoms with Crippen molar-refractivity contribution in [1.29, 1.82) is 0 Å². The van der Waals surface area contributed by atoms with Gasteiger partial charge in [-0.3, -0.25) is 14.7 Å². The van der Waals surface area contributed by atoms with Gasteiger partial charge in [-0.05, 0) is 24.1 Å². The van der Waals surface area contributed by atoms with E-state index in [4.69, 9.17) is 5.73 Å². The van der Waals surface area contributed by atoms with Gasteiger partial charge in [0.05, 0.1) is 6.54 Å². The number of primary amides is 1. The van der Waals surface area contributed by atoms with E-state index in [0.29, 0.717) is 37.6 Å². The third kappa shape index (κ3) is 6.26. The highest BCUT2D eigenvalue weighted by Gasteiger charge is 2.34. The van der Waals surface area contributed by atoms with Gasteiger partial charge < -0.3 is 16.4 Å². The van der Waals surface area contributed by atoms with Gasteiger partial charge in [0.15, 0.2) is 5.96 Å². The molecule has 1 heterocycles. The molecule has 0 saturated carbocycles. The number of hydrogen-bond donors (Lipinski definition) is 3. The highest BCUT2D eigenvalue weighted by Crippen LogP contribution is 2.19. The molecule has 4 N–H and O–H groups in total.